The SMILES string of the molecule is CCOc1ccc(CNC(=S)Nc2cccc(F)c2)cc1. The molecule has 0 fully saturated rings. The van der Waals surface area contributed by atoms with Gasteiger partial charge < -0.3 is 15.4 Å². The van der Waals surface area contributed by atoms with E-state index in [0.29, 0.717) is 24.0 Å². The molecule has 0 spiro atoms. The number of nitrogens with one attached hydrogen (secondary N) is 2. The third kappa shape index (κ3) is 5.04. The molecule has 2 N–H and O–H groups in total. The van der Waals surface area contributed by atoms with Gasteiger partial charge in [0.05, 0.1) is 6.61 Å². The summed E-state index contributed by atoms with van der Waals surface area (Å²) in [7, 11) is 0. The Morgan fingerprint density at radius 2 is 1.95 bits per heavy atom. The Morgan fingerprint density at radius 1 is 1.19 bits per heavy atom. The van der Waals surface area contributed by atoms with Crippen molar-refractivity contribution < 1.29 is 9.13 Å². The number of thiocarbonyl (C=S) groups is 1. The number of hydrogen-bond donors (Lipinski definition) is 2. The second-order valence-corrected chi connectivity index (χ2v) is 4.80. The van der Waals surface area contributed by atoms with Crippen LogP contribution >= 0.6 is 12.2 Å². The molecule has 110 valence electrons. The fourth-order valence-electron chi connectivity index (χ4n) is 1.79. The molecule has 0 heterocycles. The topological polar surface area (TPSA) is 33.3 Å². The highest BCUT2D eigenvalue weighted by atomic mass is 32.1. The van der Waals surface area contributed by atoms with Gasteiger partial charge in [0.25, 0.3) is 0 Å². The molecule has 0 saturated carbocycles. The Labute approximate surface area is 129 Å². The van der Waals surface area contributed by atoms with Crippen LogP contribution in [-0.2, 0) is 6.54 Å². The van der Waals surface area contributed by atoms with Crippen LogP contribution in [0.2, 0.25) is 0 Å². The van der Waals surface area contributed by atoms with Gasteiger partial charge in [-0.25, -0.2) is 4.39 Å². The summed E-state index contributed by atoms with van der Waals surface area (Å²) < 4.78 is 18.4. The van der Waals surface area contributed by atoms with Crippen molar-refractivity contribution in [2.45, 2.75) is 13.5 Å². The predicted molar refractivity (Wildman–Crippen MR) is 87.1 cm³/mol. The van der Waals surface area contributed by atoms with Crippen molar-refractivity contribution in [2.24, 2.45) is 0 Å². The normalized spacial score (nSPS) is 10.0. The minimum absolute atomic E-state index is 0.297. The van der Waals surface area contributed by atoms with Crippen LogP contribution in [0.15, 0.2) is 48.5 Å². The van der Waals surface area contributed by atoms with Crippen molar-refractivity contribution >= 4 is 23.0 Å². The van der Waals surface area contributed by atoms with Crippen molar-refractivity contribution in [3.63, 3.8) is 0 Å². The fourth-order valence-corrected chi connectivity index (χ4v) is 1.98. The zero-order chi connectivity index (χ0) is 15.1. The quantitative estimate of drug-likeness (QED) is 0.825. The van der Waals surface area contributed by atoms with Gasteiger partial charge in [0.2, 0.25) is 0 Å². The summed E-state index contributed by atoms with van der Waals surface area (Å²) in [5.41, 5.74) is 1.71. The molecule has 0 bridgehead atoms. The summed E-state index contributed by atoms with van der Waals surface area (Å²) >= 11 is 5.18. The van der Waals surface area contributed by atoms with Crippen LogP contribution in [0, 0.1) is 5.82 Å². The lowest BCUT2D eigenvalue weighted by atomic mass is 10.2. The molecule has 0 atom stereocenters. The second kappa shape index (κ2) is 7.59. The van der Waals surface area contributed by atoms with E-state index in [1.54, 1.807) is 12.1 Å². The first-order valence-corrected chi connectivity index (χ1v) is 7.10. The van der Waals surface area contributed by atoms with Crippen molar-refractivity contribution in [2.75, 3.05) is 11.9 Å². The molecular weight excluding hydrogens is 287 g/mol. The number of halogens is 1. The van der Waals surface area contributed by atoms with Gasteiger partial charge in [0.1, 0.15) is 11.6 Å². The minimum Gasteiger partial charge on any atom is -0.494 e. The summed E-state index contributed by atoms with van der Waals surface area (Å²) in [5.74, 6) is 0.552. The maximum absolute atomic E-state index is 13.1. The number of ether oxygens (including phenoxy) is 1. The zero-order valence-corrected chi connectivity index (χ0v) is 12.5. The van der Waals surface area contributed by atoms with Gasteiger partial charge >= 0.3 is 0 Å². The Bertz CT molecular complexity index is 601. The highest BCUT2D eigenvalue weighted by molar-refractivity contribution is 7.80. The molecular formula is C16H17FN2OS. The van der Waals surface area contributed by atoms with Gasteiger partial charge in [-0.15, -0.1) is 0 Å². The summed E-state index contributed by atoms with van der Waals surface area (Å²) in [6, 6.07) is 14.0. The van der Waals surface area contributed by atoms with E-state index in [-0.39, 0.29) is 5.82 Å². The first-order chi connectivity index (χ1) is 10.2. The van der Waals surface area contributed by atoms with E-state index >= 15 is 0 Å². The first-order valence-electron chi connectivity index (χ1n) is 6.69. The number of hydrogen-bond acceptors (Lipinski definition) is 2. The van der Waals surface area contributed by atoms with Gasteiger partial charge in [0.15, 0.2) is 5.11 Å². The zero-order valence-electron chi connectivity index (χ0n) is 11.7. The molecule has 2 aromatic carbocycles. The van der Waals surface area contributed by atoms with Crippen LogP contribution in [0.5, 0.6) is 5.75 Å². The predicted octanol–water partition coefficient (Wildman–Crippen LogP) is 3.71. The lowest BCUT2D eigenvalue weighted by Crippen LogP contribution is -2.27. The van der Waals surface area contributed by atoms with Crippen LogP contribution < -0.4 is 15.4 Å². The first kappa shape index (κ1) is 15.3. The number of rotatable bonds is 5. The summed E-state index contributed by atoms with van der Waals surface area (Å²) in [5, 5.41) is 6.47. The molecule has 0 aliphatic heterocycles. The van der Waals surface area contributed by atoms with Crippen molar-refractivity contribution in [1.82, 2.24) is 5.32 Å². The standard InChI is InChI=1S/C16H17FN2OS/c1-2-20-15-8-6-12(7-9-15)11-18-16(21)19-14-5-3-4-13(17)10-14/h3-10H,2,11H2,1H3,(H2,18,19,21). The van der Waals surface area contributed by atoms with Crippen LogP contribution in [-0.4, -0.2) is 11.7 Å². The van der Waals surface area contributed by atoms with Crippen LogP contribution in [0.3, 0.4) is 0 Å². The van der Waals surface area contributed by atoms with Crippen molar-refractivity contribution in [3.05, 3.63) is 59.9 Å². The molecule has 2 rings (SSSR count). The third-order valence-electron chi connectivity index (χ3n) is 2.77. The van der Waals surface area contributed by atoms with E-state index in [4.69, 9.17) is 17.0 Å². The fraction of sp³-hybridized carbons (Fsp3) is 0.188. The highest BCUT2D eigenvalue weighted by Crippen LogP contribution is 2.12. The van der Waals surface area contributed by atoms with Crippen LogP contribution in [0.25, 0.3) is 0 Å². The minimum atomic E-state index is -0.297. The lowest BCUT2D eigenvalue weighted by molar-refractivity contribution is 0.340. The van der Waals surface area contributed by atoms with Crippen LogP contribution in [0.1, 0.15) is 12.5 Å². The molecule has 0 saturated heterocycles. The number of anilines is 1. The van der Waals surface area contributed by atoms with Gasteiger partial charge in [-0.1, -0.05) is 18.2 Å². The highest BCUT2D eigenvalue weighted by Gasteiger charge is 2.00. The maximum atomic E-state index is 13.1. The average Bonchev–Trinajstić information content (AvgIpc) is 2.47. The van der Waals surface area contributed by atoms with Crippen LogP contribution in [0.4, 0.5) is 10.1 Å². The van der Waals surface area contributed by atoms with Crippen molar-refractivity contribution in [1.29, 1.82) is 0 Å². The molecule has 5 heteroatoms. The number of benzene rings is 2. The lowest BCUT2D eigenvalue weighted by Gasteiger charge is -2.11. The van der Waals surface area contributed by atoms with E-state index < -0.39 is 0 Å². The second-order valence-electron chi connectivity index (χ2n) is 4.39. The van der Waals surface area contributed by atoms with E-state index in [1.807, 2.05) is 31.2 Å². The Hall–Kier alpha value is -2.14. The summed E-state index contributed by atoms with van der Waals surface area (Å²) in [6.45, 7) is 3.19. The van der Waals surface area contributed by atoms with Gasteiger partial charge in [-0.05, 0) is 55.0 Å². The Balaban J connectivity index is 1.83. The van der Waals surface area contributed by atoms with E-state index in [1.165, 1.54) is 12.1 Å². The molecule has 0 unspecified atom stereocenters. The molecule has 0 amide bonds. The third-order valence-corrected chi connectivity index (χ3v) is 3.02. The largest absolute Gasteiger partial charge is 0.494 e. The maximum Gasteiger partial charge on any atom is 0.171 e. The van der Waals surface area contributed by atoms with Crippen molar-refractivity contribution in [3.8, 4) is 5.75 Å². The monoisotopic (exact) mass is 304 g/mol. The molecule has 3 nitrogen and oxygen atoms in total. The average molecular weight is 304 g/mol. The smallest absolute Gasteiger partial charge is 0.171 e. The molecule has 0 radical (unpaired) electrons. The summed E-state index contributed by atoms with van der Waals surface area (Å²) in [4.78, 5) is 0. The van der Waals surface area contributed by atoms with Gasteiger partial charge in [-0.2, -0.15) is 0 Å². The van der Waals surface area contributed by atoms with E-state index in [2.05, 4.69) is 10.6 Å². The van der Waals surface area contributed by atoms with Gasteiger partial charge in [0, 0.05) is 12.2 Å². The molecule has 0 aromatic heterocycles. The Kier molecular flexibility index (Phi) is 5.51. The molecule has 21 heavy (non-hydrogen) atoms. The van der Waals surface area contributed by atoms with Gasteiger partial charge in [-0.3, -0.25) is 0 Å². The molecule has 0 aliphatic rings. The molecule has 0 aliphatic carbocycles. The summed E-state index contributed by atoms with van der Waals surface area (Å²) in [6.07, 6.45) is 0. The molecule has 2 aromatic rings. The van der Waals surface area contributed by atoms with E-state index in [9.17, 15) is 4.39 Å². The van der Waals surface area contributed by atoms with E-state index in [0.717, 1.165) is 11.3 Å². The Morgan fingerprint density at radius 3 is 2.62 bits per heavy atom.